The molecule has 3 aromatic rings. The summed E-state index contributed by atoms with van der Waals surface area (Å²) in [5, 5.41) is 13.1. The summed E-state index contributed by atoms with van der Waals surface area (Å²) in [6, 6.07) is 21.1. The first-order chi connectivity index (χ1) is 15.9. The van der Waals surface area contributed by atoms with Crippen molar-refractivity contribution in [3.05, 3.63) is 126 Å². The summed E-state index contributed by atoms with van der Waals surface area (Å²) in [5.74, 6) is 0. The third-order valence-corrected chi connectivity index (χ3v) is 5.44. The van der Waals surface area contributed by atoms with E-state index in [4.69, 9.17) is 0 Å². The number of aryl methyl sites for hydroxylation is 2. The summed E-state index contributed by atoms with van der Waals surface area (Å²) in [6.45, 7) is 14.7. The molecule has 3 nitrogen and oxygen atoms in total. The van der Waals surface area contributed by atoms with Crippen molar-refractivity contribution in [2.45, 2.75) is 27.3 Å². The Morgan fingerprint density at radius 1 is 1.03 bits per heavy atom. The van der Waals surface area contributed by atoms with E-state index in [1.165, 1.54) is 5.56 Å². The highest BCUT2D eigenvalue weighted by Crippen LogP contribution is 2.31. The first-order valence-corrected chi connectivity index (χ1v) is 10.9. The van der Waals surface area contributed by atoms with Crippen molar-refractivity contribution in [1.82, 2.24) is 10.3 Å². The standard InChI is InChI=1S/C30H29N3/c1-6-8-30(25(7-2)18-31)29-16-27(15-28(17-29)26-13-9-21(3)10-14-26)23(5)33-20-24-12-11-22(4)32-19-24/h6-17,19,33H,1,5,20H2,2-4H3/b25-7-,30-8+. The fourth-order valence-electron chi connectivity index (χ4n) is 3.52. The molecule has 0 saturated heterocycles. The van der Waals surface area contributed by atoms with E-state index in [0.717, 1.165) is 44.8 Å². The Morgan fingerprint density at radius 2 is 1.76 bits per heavy atom. The Kier molecular flexibility index (Phi) is 7.78. The highest BCUT2D eigenvalue weighted by atomic mass is 14.9. The number of nitrogens with one attached hydrogen (secondary N) is 1. The number of benzene rings is 2. The lowest BCUT2D eigenvalue weighted by atomic mass is 9.91. The molecule has 0 amide bonds. The van der Waals surface area contributed by atoms with Crippen LogP contribution in [0.1, 0.15) is 34.9 Å². The van der Waals surface area contributed by atoms with E-state index >= 15 is 0 Å². The van der Waals surface area contributed by atoms with Gasteiger partial charge in [-0.1, -0.05) is 67.3 Å². The summed E-state index contributed by atoms with van der Waals surface area (Å²) in [4.78, 5) is 4.36. The predicted octanol–water partition coefficient (Wildman–Crippen LogP) is 7.17. The Labute approximate surface area is 197 Å². The van der Waals surface area contributed by atoms with Crippen LogP contribution in [0.5, 0.6) is 0 Å². The van der Waals surface area contributed by atoms with Gasteiger partial charge in [0.2, 0.25) is 0 Å². The van der Waals surface area contributed by atoms with Crippen molar-refractivity contribution in [3.8, 4) is 17.2 Å². The minimum absolute atomic E-state index is 0.603. The van der Waals surface area contributed by atoms with Crippen LogP contribution in [-0.2, 0) is 6.54 Å². The van der Waals surface area contributed by atoms with Gasteiger partial charge in [-0.25, -0.2) is 0 Å². The largest absolute Gasteiger partial charge is 0.381 e. The molecule has 0 saturated carbocycles. The summed E-state index contributed by atoms with van der Waals surface area (Å²) >= 11 is 0. The fourth-order valence-corrected chi connectivity index (χ4v) is 3.52. The number of hydrogen-bond donors (Lipinski definition) is 1. The number of pyridine rings is 1. The molecule has 0 radical (unpaired) electrons. The summed E-state index contributed by atoms with van der Waals surface area (Å²) < 4.78 is 0. The van der Waals surface area contributed by atoms with E-state index in [0.29, 0.717) is 12.1 Å². The van der Waals surface area contributed by atoms with E-state index in [1.54, 1.807) is 6.08 Å². The third kappa shape index (κ3) is 5.96. The molecular formula is C30H29N3. The molecule has 0 spiro atoms. The zero-order valence-electron chi connectivity index (χ0n) is 19.5. The topological polar surface area (TPSA) is 48.7 Å². The van der Waals surface area contributed by atoms with Crippen LogP contribution in [0.25, 0.3) is 22.4 Å². The monoisotopic (exact) mass is 431 g/mol. The Bertz CT molecular complexity index is 1250. The number of aromatic nitrogens is 1. The molecular weight excluding hydrogens is 402 g/mol. The van der Waals surface area contributed by atoms with Gasteiger partial charge in [0.25, 0.3) is 0 Å². The quantitative estimate of drug-likeness (QED) is 0.304. The molecule has 2 aromatic carbocycles. The molecule has 3 rings (SSSR count). The highest BCUT2D eigenvalue weighted by molar-refractivity contribution is 5.87. The van der Waals surface area contributed by atoms with Gasteiger partial charge in [0.15, 0.2) is 0 Å². The summed E-state index contributed by atoms with van der Waals surface area (Å²) in [6.07, 6.45) is 7.29. The van der Waals surface area contributed by atoms with Crippen LogP contribution in [0.2, 0.25) is 0 Å². The van der Waals surface area contributed by atoms with E-state index < -0.39 is 0 Å². The number of nitriles is 1. The van der Waals surface area contributed by atoms with Gasteiger partial charge in [-0.05, 0) is 78.4 Å². The van der Waals surface area contributed by atoms with E-state index in [9.17, 15) is 5.26 Å². The number of nitrogens with zero attached hydrogens (tertiary/aromatic N) is 2. The molecule has 1 heterocycles. The zero-order valence-corrected chi connectivity index (χ0v) is 19.5. The van der Waals surface area contributed by atoms with E-state index in [1.807, 2.05) is 38.3 Å². The normalized spacial score (nSPS) is 11.6. The van der Waals surface area contributed by atoms with Crippen molar-refractivity contribution in [2.24, 2.45) is 0 Å². The number of allylic oxidation sites excluding steroid dienone is 5. The molecule has 0 fully saturated rings. The maximum Gasteiger partial charge on any atom is 0.0994 e. The smallest absolute Gasteiger partial charge is 0.0994 e. The first kappa shape index (κ1) is 23.5. The van der Waals surface area contributed by atoms with Crippen LogP contribution in [0.3, 0.4) is 0 Å². The molecule has 1 aromatic heterocycles. The number of hydrogen-bond acceptors (Lipinski definition) is 3. The maximum atomic E-state index is 9.68. The van der Waals surface area contributed by atoms with Crippen molar-refractivity contribution >= 4 is 11.3 Å². The first-order valence-electron chi connectivity index (χ1n) is 10.9. The van der Waals surface area contributed by atoms with Crippen LogP contribution in [0.4, 0.5) is 0 Å². The van der Waals surface area contributed by atoms with Crippen LogP contribution < -0.4 is 5.32 Å². The second-order valence-corrected chi connectivity index (χ2v) is 7.94. The average Bonchev–Trinajstić information content (AvgIpc) is 2.84. The van der Waals surface area contributed by atoms with E-state index in [2.05, 4.69) is 85.0 Å². The third-order valence-electron chi connectivity index (χ3n) is 5.44. The lowest BCUT2D eigenvalue weighted by Crippen LogP contribution is -2.11. The highest BCUT2D eigenvalue weighted by Gasteiger charge is 2.12. The second-order valence-electron chi connectivity index (χ2n) is 7.94. The molecule has 0 aliphatic carbocycles. The van der Waals surface area contributed by atoms with Crippen LogP contribution >= 0.6 is 0 Å². The minimum Gasteiger partial charge on any atom is -0.381 e. The molecule has 0 aliphatic heterocycles. The summed E-state index contributed by atoms with van der Waals surface area (Å²) in [5.41, 5.74) is 9.61. The van der Waals surface area contributed by atoms with Gasteiger partial charge in [-0.2, -0.15) is 5.26 Å². The number of rotatable bonds is 8. The van der Waals surface area contributed by atoms with Gasteiger partial charge in [0, 0.05) is 24.1 Å². The van der Waals surface area contributed by atoms with Gasteiger partial charge in [0.05, 0.1) is 11.6 Å². The molecule has 0 unspecified atom stereocenters. The zero-order chi connectivity index (χ0) is 23.8. The van der Waals surface area contributed by atoms with Crippen LogP contribution in [0.15, 0.2) is 97.8 Å². The molecule has 0 bridgehead atoms. The Balaban J connectivity index is 2.04. The van der Waals surface area contributed by atoms with Crippen molar-refractivity contribution < 1.29 is 0 Å². The van der Waals surface area contributed by atoms with Crippen LogP contribution in [0, 0.1) is 25.2 Å². The molecule has 0 atom stereocenters. The van der Waals surface area contributed by atoms with Gasteiger partial charge < -0.3 is 5.32 Å². The van der Waals surface area contributed by atoms with Gasteiger partial charge >= 0.3 is 0 Å². The van der Waals surface area contributed by atoms with Crippen molar-refractivity contribution in [1.29, 1.82) is 5.26 Å². The lowest BCUT2D eigenvalue weighted by Gasteiger charge is -2.16. The van der Waals surface area contributed by atoms with E-state index in [-0.39, 0.29) is 0 Å². The van der Waals surface area contributed by atoms with Gasteiger partial charge in [-0.3, -0.25) is 4.98 Å². The van der Waals surface area contributed by atoms with Crippen molar-refractivity contribution in [3.63, 3.8) is 0 Å². The Hall–Kier alpha value is -4.16. The van der Waals surface area contributed by atoms with Crippen molar-refractivity contribution in [2.75, 3.05) is 0 Å². The van der Waals surface area contributed by atoms with Gasteiger partial charge in [0.1, 0.15) is 0 Å². The fraction of sp³-hybridized carbons (Fsp3) is 0.133. The predicted molar refractivity (Wildman–Crippen MR) is 139 cm³/mol. The van der Waals surface area contributed by atoms with Crippen LogP contribution in [-0.4, -0.2) is 4.98 Å². The maximum absolute atomic E-state index is 9.68. The molecule has 164 valence electrons. The molecule has 0 aliphatic rings. The Morgan fingerprint density at radius 3 is 2.36 bits per heavy atom. The molecule has 1 N–H and O–H groups in total. The minimum atomic E-state index is 0.603. The molecule has 3 heteroatoms. The lowest BCUT2D eigenvalue weighted by molar-refractivity contribution is 0.882. The van der Waals surface area contributed by atoms with Gasteiger partial charge in [-0.15, -0.1) is 0 Å². The second kappa shape index (κ2) is 10.9. The average molecular weight is 432 g/mol. The summed E-state index contributed by atoms with van der Waals surface area (Å²) in [7, 11) is 0. The molecule has 33 heavy (non-hydrogen) atoms. The SMILES string of the molecule is C=C/C=C(\C(C#N)=C/C)c1cc(C(=C)NCc2ccc(C)nc2)cc(-c2ccc(C)cc2)c1.